The number of hydrogen-bond donors (Lipinski definition) is 2. The molecule has 0 bridgehead atoms. The van der Waals surface area contributed by atoms with E-state index >= 15 is 0 Å². The number of benzene rings is 2. The number of carbonyl (C=O) groups excluding carboxylic acids is 1. The van der Waals surface area contributed by atoms with Gasteiger partial charge in [-0.2, -0.15) is 5.09 Å². The van der Waals surface area contributed by atoms with Gasteiger partial charge in [-0.1, -0.05) is 75.8 Å². The van der Waals surface area contributed by atoms with Gasteiger partial charge in [-0.3, -0.25) is 19.4 Å². The lowest BCUT2D eigenvalue weighted by atomic mass is 10.1. The number of carboxylic acid groups (broad SMARTS) is 1. The highest BCUT2D eigenvalue weighted by Crippen LogP contribution is 2.45. The summed E-state index contributed by atoms with van der Waals surface area (Å²) in [7, 11) is -4.44. The number of nitrogens with one attached hydrogen (secondary N) is 1. The Morgan fingerprint density at radius 3 is 2.24 bits per heavy atom. The molecule has 0 spiro atoms. The number of nitro groups is 1. The molecule has 2 atom stereocenters. The number of carboxylic acids is 1. The van der Waals surface area contributed by atoms with Gasteiger partial charge in [0.05, 0.1) is 11.5 Å². The first-order valence-electron chi connectivity index (χ1n) is 12.6. The van der Waals surface area contributed by atoms with Crippen LogP contribution in [-0.2, 0) is 29.8 Å². The van der Waals surface area contributed by atoms with E-state index in [1.165, 1.54) is 31.4 Å². The third kappa shape index (κ3) is 11.9. The molecule has 0 saturated carbocycles. The summed E-state index contributed by atoms with van der Waals surface area (Å²) in [5.41, 5.74) is 0.436. The van der Waals surface area contributed by atoms with Gasteiger partial charge in [0.15, 0.2) is 6.61 Å². The van der Waals surface area contributed by atoms with Crippen LogP contribution in [0.1, 0.15) is 57.4 Å². The van der Waals surface area contributed by atoms with Crippen molar-refractivity contribution >= 4 is 25.4 Å². The van der Waals surface area contributed by atoms with E-state index < -0.39 is 37.3 Å². The van der Waals surface area contributed by atoms with Crippen LogP contribution in [0.5, 0.6) is 5.75 Å². The molecule has 0 aliphatic carbocycles. The van der Waals surface area contributed by atoms with E-state index in [0.717, 1.165) is 31.4 Å². The Kier molecular flexibility index (Phi) is 13.5. The summed E-state index contributed by atoms with van der Waals surface area (Å²) in [6.45, 7) is 1.59. The molecule has 0 heterocycles. The molecule has 2 aromatic rings. The first-order valence-corrected chi connectivity index (χ1v) is 14.2. The third-order valence-corrected chi connectivity index (χ3v) is 7.08. The maximum atomic E-state index is 13.6. The zero-order valence-electron chi connectivity index (χ0n) is 21.5. The Morgan fingerprint density at radius 1 is 1.00 bits per heavy atom. The van der Waals surface area contributed by atoms with Crippen molar-refractivity contribution in [3.8, 4) is 5.75 Å². The fourth-order valence-electron chi connectivity index (χ4n) is 3.51. The number of hydrogen-bond acceptors (Lipinski definition) is 8. The van der Waals surface area contributed by atoms with Gasteiger partial charge in [0.1, 0.15) is 11.8 Å². The molecule has 38 heavy (non-hydrogen) atoms. The Hall–Kier alpha value is -3.27. The topological polar surface area (TPSA) is 154 Å². The predicted octanol–water partition coefficient (Wildman–Crippen LogP) is 5.68. The van der Waals surface area contributed by atoms with Crippen molar-refractivity contribution in [3.05, 3.63) is 70.3 Å². The Labute approximate surface area is 222 Å². The van der Waals surface area contributed by atoms with E-state index in [0.29, 0.717) is 12.0 Å². The zero-order valence-corrected chi connectivity index (χ0v) is 22.3. The van der Waals surface area contributed by atoms with Gasteiger partial charge < -0.3 is 14.4 Å². The van der Waals surface area contributed by atoms with Crippen LogP contribution in [-0.4, -0.2) is 41.2 Å². The third-order valence-electron chi connectivity index (χ3n) is 5.53. The van der Waals surface area contributed by atoms with Crippen molar-refractivity contribution in [1.29, 1.82) is 0 Å². The number of unbranched alkanes of at least 4 members (excludes halogenated alkanes) is 6. The minimum Gasteiger partial charge on any atom is -0.480 e. The fourth-order valence-corrected chi connectivity index (χ4v) is 4.95. The van der Waals surface area contributed by atoms with Crippen LogP contribution in [0.25, 0.3) is 0 Å². The van der Waals surface area contributed by atoms with E-state index in [9.17, 15) is 29.4 Å². The molecule has 0 aliphatic rings. The normalized spacial score (nSPS) is 13.3. The van der Waals surface area contributed by atoms with E-state index in [1.807, 2.05) is 0 Å². The van der Waals surface area contributed by atoms with Crippen LogP contribution in [0, 0.1) is 10.1 Å². The molecule has 12 heteroatoms. The van der Waals surface area contributed by atoms with Crippen LogP contribution in [0.15, 0.2) is 54.6 Å². The molecule has 0 amide bonds. The summed E-state index contributed by atoms with van der Waals surface area (Å²) in [5, 5.41) is 23.0. The smallest absolute Gasteiger partial charge is 0.460 e. The Balaban J connectivity index is 2.01. The molecular formula is C26H35N2O9P. The number of carbonyl (C=O) groups is 2. The van der Waals surface area contributed by atoms with Gasteiger partial charge in [-0.05, 0) is 30.5 Å². The molecule has 0 aromatic heterocycles. The van der Waals surface area contributed by atoms with Crippen LogP contribution in [0.2, 0.25) is 0 Å². The van der Waals surface area contributed by atoms with E-state index in [4.69, 9.17) is 13.8 Å². The lowest BCUT2D eigenvalue weighted by Crippen LogP contribution is -2.38. The zero-order chi connectivity index (χ0) is 27.8. The van der Waals surface area contributed by atoms with Crippen molar-refractivity contribution in [2.24, 2.45) is 0 Å². The minimum atomic E-state index is -4.44. The first-order chi connectivity index (χ1) is 18.2. The molecule has 208 valence electrons. The van der Waals surface area contributed by atoms with E-state index in [1.54, 1.807) is 30.3 Å². The Bertz CT molecular complexity index is 1060. The predicted molar refractivity (Wildman–Crippen MR) is 141 cm³/mol. The highest BCUT2D eigenvalue weighted by Gasteiger charge is 2.35. The van der Waals surface area contributed by atoms with Gasteiger partial charge in [0.2, 0.25) is 0 Å². The van der Waals surface area contributed by atoms with E-state index in [2.05, 4.69) is 12.0 Å². The molecule has 0 saturated heterocycles. The van der Waals surface area contributed by atoms with Gasteiger partial charge in [0.25, 0.3) is 5.69 Å². The molecule has 2 rings (SSSR count). The quantitative estimate of drug-likeness (QED) is 0.0734. The second kappa shape index (κ2) is 16.5. The van der Waals surface area contributed by atoms with Crippen molar-refractivity contribution in [2.45, 2.75) is 64.3 Å². The molecule has 0 radical (unpaired) electrons. The van der Waals surface area contributed by atoms with Crippen molar-refractivity contribution in [1.82, 2.24) is 5.09 Å². The monoisotopic (exact) mass is 550 g/mol. The van der Waals surface area contributed by atoms with Crippen molar-refractivity contribution in [2.75, 3.05) is 13.2 Å². The number of aliphatic carboxylic acids is 1. The number of rotatable bonds is 19. The molecular weight excluding hydrogens is 515 g/mol. The number of nitrogens with zero attached hydrogens (tertiary/aromatic N) is 1. The largest absolute Gasteiger partial charge is 0.480 e. The van der Waals surface area contributed by atoms with Crippen molar-refractivity contribution in [3.63, 3.8) is 0 Å². The van der Waals surface area contributed by atoms with Crippen LogP contribution < -0.4 is 9.61 Å². The van der Waals surface area contributed by atoms with Crippen LogP contribution in [0.3, 0.4) is 0 Å². The summed E-state index contributed by atoms with van der Waals surface area (Å²) < 4.78 is 29.4. The second-order valence-corrected chi connectivity index (χ2v) is 10.4. The summed E-state index contributed by atoms with van der Waals surface area (Å²) >= 11 is 0. The molecule has 0 aliphatic heterocycles. The van der Waals surface area contributed by atoms with Gasteiger partial charge >= 0.3 is 19.7 Å². The average Bonchev–Trinajstić information content (AvgIpc) is 2.89. The molecule has 0 fully saturated rings. The fraction of sp³-hybridized carbons (Fsp3) is 0.462. The number of ether oxygens (including phenoxy) is 1. The lowest BCUT2D eigenvalue weighted by molar-refractivity contribution is -0.384. The maximum absolute atomic E-state index is 13.6. The van der Waals surface area contributed by atoms with Crippen LogP contribution >= 0.6 is 7.75 Å². The standard InChI is InChI=1S/C26H35N2O9P/c1-2-3-4-5-6-7-11-18-35-25(29)20-36-38(34,37-23-16-14-22(15-17-23)28(32)33)27-24(26(30)31)19-21-12-9-8-10-13-21/h8-10,12-17,24H,2-7,11,18-20H2,1H3,(H,27,34)(H,30,31). The summed E-state index contributed by atoms with van der Waals surface area (Å²) in [4.78, 5) is 34.4. The summed E-state index contributed by atoms with van der Waals surface area (Å²) in [5.74, 6) is -2.17. The minimum absolute atomic E-state index is 0.0458. The lowest BCUT2D eigenvalue weighted by Gasteiger charge is -2.23. The average molecular weight is 551 g/mol. The highest BCUT2D eigenvalue weighted by molar-refractivity contribution is 7.52. The maximum Gasteiger partial charge on any atom is 0.460 e. The summed E-state index contributed by atoms with van der Waals surface area (Å²) in [6.07, 6.45) is 7.30. The van der Waals surface area contributed by atoms with E-state index in [-0.39, 0.29) is 24.5 Å². The Morgan fingerprint density at radius 2 is 1.63 bits per heavy atom. The van der Waals surface area contributed by atoms with Gasteiger partial charge in [0, 0.05) is 12.1 Å². The van der Waals surface area contributed by atoms with Gasteiger partial charge in [-0.15, -0.1) is 0 Å². The molecule has 2 aromatic carbocycles. The molecule has 11 nitrogen and oxygen atoms in total. The van der Waals surface area contributed by atoms with Gasteiger partial charge in [-0.25, -0.2) is 9.36 Å². The number of non-ortho nitro benzene ring substituents is 1. The van der Waals surface area contributed by atoms with Crippen molar-refractivity contribution < 1.29 is 38.0 Å². The number of nitro benzene ring substituents is 1. The summed E-state index contributed by atoms with van der Waals surface area (Å²) in [6, 6.07) is 11.9. The second-order valence-electron chi connectivity index (χ2n) is 8.66. The SMILES string of the molecule is CCCCCCCCCOC(=O)COP(=O)(NC(Cc1ccccc1)C(=O)O)Oc1ccc([N+](=O)[O-])cc1. The molecule has 2 N–H and O–H groups in total. The number of esters is 1. The van der Waals surface area contributed by atoms with Crippen LogP contribution in [0.4, 0.5) is 5.69 Å². The molecule has 2 unspecified atom stereocenters. The highest BCUT2D eigenvalue weighted by atomic mass is 31.2. The first kappa shape index (κ1) is 31.0.